The van der Waals surface area contributed by atoms with Crippen LogP contribution in [0.15, 0.2) is 108 Å². The number of ether oxygens (including phenoxy) is 3. The summed E-state index contributed by atoms with van der Waals surface area (Å²) >= 11 is 0. The molecule has 0 aromatic heterocycles. The van der Waals surface area contributed by atoms with Gasteiger partial charge in [0, 0.05) is 22.8 Å². The zero-order chi connectivity index (χ0) is 28.3. The first-order valence-corrected chi connectivity index (χ1v) is 12.3. The number of nitrogens with zero attached hydrogens (tertiary/aromatic N) is 1. The molecular formula is C32H26N2O6. The van der Waals surface area contributed by atoms with Gasteiger partial charge < -0.3 is 14.2 Å². The first-order chi connectivity index (χ1) is 19.4. The van der Waals surface area contributed by atoms with Gasteiger partial charge >= 0.3 is 11.9 Å². The van der Waals surface area contributed by atoms with Crippen LogP contribution in [0.25, 0.3) is 6.08 Å². The van der Waals surface area contributed by atoms with Crippen molar-refractivity contribution in [3.05, 3.63) is 131 Å². The fraction of sp³-hybridized carbons (Fsp3) is 0.0625. The van der Waals surface area contributed by atoms with Gasteiger partial charge in [0.05, 0.1) is 18.9 Å². The van der Waals surface area contributed by atoms with Crippen LogP contribution in [0.3, 0.4) is 0 Å². The van der Waals surface area contributed by atoms with E-state index in [-0.39, 0.29) is 17.4 Å². The highest BCUT2D eigenvalue weighted by atomic mass is 16.5. The highest BCUT2D eigenvalue weighted by Gasteiger charge is 2.12. The Balaban J connectivity index is 1.39. The van der Waals surface area contributed by atoms with Gasteiger partial charge in [-0.25, -0.2) is 15.0 Å². The predicted octanol–water partition coefficient (Wildman–Crippen LogP) is 5.61. The molecule has 8 nitrogen and oxygen atoms in total. The van der Waals surface area contributed by atoms with Crippen molar-refractivity contribution >= 4 is 30.1 Å². The summed E-state index contributed by atoms with van der Waals surface area (Å²) in [5.74, 6) is -0.401. The van der Waals surface area contributed by atoms with Crippen LogP contribution in [0, 0.1) is 6.92 Å². The van der Waals surface area contributed by atoms with Gasteiger partial charge in [0.15, 0.2) is 0 Å². The fourth-order valence-electron chi connectivity index (χ4n) is 3.51. The number of benzene rings is 4. The Morgan fingerprint density at radius 2 is 1.32 bits per heavy atom. The van der Waals surface area contributed by atoms with Gasteiger partial charge in [-0.1, -0.05) is 48.0 Å². The molecule has 40 heavy (non-hydrogen) atoms. The molecule has 0 radical (unpaired) electrons. The molecule has 4 rings (SSSR count). The summed E-state index contributed by atoms with van der Waals surface area (Å²) in [4.78, 5) is 37.5. The molecule has 1 N–H and O–H groups in total. The lowest BCUT2D eigenvalue weighted by Crippen LogP contribution is -2.17. The molecule has 200 valence electrons. The van der Waals surface area contributed by atoms with Crippen molar-refractivity contribution in [2.24, 2.45) is 5.10 Å². The van der Waals surface area contributed by atoms with Crippen LogP contribution in [0.1, 0.15) is 37.4 Å². The van der Waals surface area contributed by atoms with E-state index in [0.717, 1.165) is 5.56 Å². The minimum atomic E-state index is -0.652. The van der Waals surface area contributed by atoms with Crippen molar-refractivity contribution in [1.29, 1.82) is 0 Å². The molecule has 1 amide bonds. The molecule has 4 aromatic carbocycles. The zero-order valence-corrected chi connectivity index (χ0v) is 21.9. The Morgan fingerprint density at radius 1 is 0.725 bits per heavy atom. The maximum absolute atomic E-state index is 12.6. The van der Waals surface area contributed by atoms with Crippen LogP contribution in [0.2, 0.25) is 0 Å². The Kier molecular flexibility index (Phi) is 9.18. The summed E-state index contributed by atoms with van der Waals surface area (Å²) in [6.45, 7) is 1.94. The zero-order valence-electron chi connectivity index (χ0n) is 21.9. The maximum atomic E-state index is 12.6. The number of para-hydroxylation sites is 2. The second kappa shape index (κ2) is 13.3. The molecule has 0 bridgehead atoms. The summed E-state index contributed by atoms with van der Waals surface area (Å²) in [5.41, 5.74) is 5.33. The number of rotatable bonds is 9. The number of methoxy groups -OCH3 is 1. The number of amides is 1. The van der Waals surface area contributed by atoms with Gasteiger partial charge in [0.25, 0.3) is 5.91 Å². The van der Waals surface area contributed by atoms with Crippen LogP contribution >= 0.6 is 0 Å². The van der Waals surface area contributed by atoms with Crippen LogP contribution in [-0.2, 0) is 4.79 Å². The van der Waals surface area contributed by atoms with E-state index in [1.807, 2.05) is 19.1 Å². The Morgan fingerprint density at radius 3 is 2.00 bits per heavy atom. The molecule has 0 atom stereocenters. The highest BCUT2D eigenvalue weighted by molar-refractivity contribution is 5.96. The molecule has 8 heteroatoms. The average molecular weight is 535 g/mol. The largest absolute Gasteiger partial charge is 0.497 e. The lowest BCUT2D eigenvalue weighted by atomic mass is 10.1. The monoisotopic (exact) mass is 534 g/mol. The molecule has 0 aliphatic carbocycles. The molecule has 0 spiro atoms. The van der Waals surface area contributed by atoms with Crippen LogP contribution in [0.4, 0.5) is 0 Å². The first kappa shape index (κ1) is 27.5. The van der Waals surface area contributed by atoms with Crippen LogP contribution < -0.4 is 19.6 Å². The molecule has 0 aliphatic rings. The number of nitrogens with one attached hydrogen (secondary N) is 1. The van der Waals surface area contributed by atoms with E-state index in [1.165, 1.54) is 18.4 Å². The van der Waals surface area contributed by atoms with Crippen molar-refractivity contribution in [3.8, 4) is 17.2 Å². The van der Waals surface area contributed by atoms with Crippen molar-refractivity contribution in [2.75, 3.05) is 7.11 Å². The number of hydrazone groups is 1. The topological polar surface area (TPSA) is 103 Å². The molecular weight excluding hydrogens is 508 g/mol. The minimum absolute atomic E-state index is 0.254. The van der Waals surface area contributed by atoms with E-state index < -0.39 is 11.9 Å². The SMILES string of the molecule is COc1ccc(C(=O)Oc2ccccc2/C=C/C(=O)Oc2ccccc2/C=N/NC(=O)c2ccc(C)cc2)cc1. The number of carbonyl (C=O) groups excluding carboxylic acids is 3. The first-order valence-electron chi connectivity index (χ1n) is 12.3. The van der Waals surface area contributed by atoms with Crippen molar-refractivity contribution in [3.63, 3.8) is 0 Å². The summed E-state index contributed by atoms with van der Waals surface area (Å²) in [6, 6.07) is 27.2. The number of hydrogen-bond acceptors (Lipinski definition) is 7. The van der Waals surface area contributed by atoms with E-state index in [9.17, 15) is 14.4 Å². The summed E-state index contributed by atoms with van der Waals surface area (Å²) in [7, 11) is 1.54. The lowest BCUT2D eigenvalue weighted by molar-refractivity contribution is -0.128. The third-order valence-electron chi connectivity index (χ3n) is 5.66. The Labute approximate surface area is 231 Å². The van der Waals surface area contributed by atoms with E-state index in [2.05, 4.69) is 10.5 Å². The molecule has 0 aliphatic heterocycles. The van der Waals surface area contributed by atoms with E-state index in [4.69, 9.17) is 14.2 Å². The number of hydrogen-bond donors (Lipinski definition) is 1. The second-order valence-corrected chi connectivity index (χ2v) is 8.51. The van der Waals surface area contributed by atoms with Gasteiger partial charge in [0.2, 0.25) is 0 Å². The van der Waals surface area contributed by atoms with Crippen LogP contribution in [-0.4, -0.2) is 31.2 Å². The van der Waals surface area contributed by atoms with Gasteiger partial charge in [-0.3, -0.25) is 4.79 Å². The molecule has 0 saturated heterocycles. The van der Waals surface area contributed by atoms with Gasteiger partial charge in [-0.15, -0.1) is 0 Å². The van der Waals surface area contributed by atoms with Crippen LogP contribution in [0.5, 0.6) is 17.2 Å². The smallest absolute Gasteiger partial charge is 0.343 e. The number of aryl methyl sites for hydroxylation is 1. The molecule has 0 saturated carbocycles. The molecule has 0 unspecified atom stereocenters. The minimum Gasteiger partial charge on any atom is -0.497 e. The maximum Gasteiger partial charge on any atom is 0.343 e. The third-order valence-corrected chi connectivity index (χ3v) is 5.66. The van der Waals surface area contributed by atoms with Gasteiger partial charge in [-0.2, -0.15) is 5.10 Å². The van der Waals surface area contributed by atoms with E-state index in [0.29, 0.717) is 28.0 Å². The van der Waals surface area contributed by atoms with Gasteiger partial charge in [0.1, 0.15) is 17.2 Å². The molecule has 4 aromatic rings. The Hall–Kier alpha value is -5.50. The normalized spacial score (nSPS) is 10.8. The fourth-order valence-corrected chi connectivity index (χ4v) is 3.51. The van der Waals surface area contributed by atoms with Crippen molar-refractivity contribution in [1.82, 2.24) is 5.43 Å². The van der Waals surface area contributed by atoms with E-state index >= 15 is 0 Å². The highest BCUT2D eigenvalue weighted by Crippen LogP contribution is 2.22. The second-order valence-electron chi connectivity index (χ2n) is 8.51. The molecule has 0 fully saturated rings. The lowest BCUT2D eigenvalue weighted by Gasteiger charge is -2.08. The summed E-state index contributed by atoms with van der Waals surface area (Å²) in [5, 5.41) is 3.99. The Bertz CT molecular complexity index is 1560. The average Bonchev–Trinajstić information content (AvgIpc) is 2.98. The standard InChI is InChI=1S/C32H26N2O6/c1-22-11-13-24(14-12-22)31(36)34-33-21-26-8-4-6-10-29(26)39-30(35)20-17-23-7-3-5-9-28(23)40-32(37)25-15-18-27(38-2)19-16-25/h3-21H,1-2H3,(H,34,36)/b20-17+,33-21+. The van der Waals surface area contributed by atoms with E-state index in [1.54, 1.807) is 92.0 Å². The summed E-state index contributed by atoms with van der Waals surface area (Å²) in [6.07, 6.45) is 4.12. The van der Waals surface area contributed by atoms with Crippen molar-refractivity contribution in [2.45, 2.75) is 6.92 Å². The third kappa shape index (κ3) is 7.52. The number of carbonyl (C=O) groups is 3. The summed E-state index contributed by atoms with van der Waals surface area (Å²) < 4.78 is 16.1. The van der Waals surface area contributed by atoms with Crippen molar-refractivity contribution < 1.29 is 28.6 Å². The predicted molar refractivity (Wildman–Crippen MR) is 152 cm³/mol. The number of esters is 2. The molecule has 0 heterocycles. The quantitative estimate of drug-likeness (QED) is 0.0985. The van der Waals surface area contributed by atoms with Gasteiger partial charge in [-0.05, 0) is 67.6 Å².